The quantitative estimate of drug-likeness (QED) is 0.628. The standard InChI is InChI=1S/C22H19ClFN3O4/c1-10(28)18-16-17(20(30)27(19(16)29)9-11-2-5-13(24)6-3-11)22(26-18)14-8-12(23)4-7-15(14)25-21(22)31/h2-8,10,16-18,26,28H,9H2,1H3,(H,25,31)/t10-,16-,17-,18-,22-/m0/s1. The van der Waals surface area contributed by atoms with Crippen LogP contribution in [0.1, 0.15) is 18.1 Å². The second-order valence-electron chi connectivity index (χ2n) is 8.26. The Morgan fingerprint density at radius 3 is 2.55 bits per heavy atom. The molecule has 3 aliphatic rings. The summed E-state index contributed by atoms with van der Waals surface area (Å²) in [5.41, 5.74) is 0.0478. The Labute approximate surface area is 182 Å². The molecule has 160 valence electrons. The molecule has 31 heavy (non-hydrogen) atoms. The number of aliphatic hydroxyl groups excluding tert-OH is 1. The summed E-state index contributed by atoms with van der Waals surface area (Å²) in [6.07, 6.45) is -0.995. The summed E-state index contributed by atoms with van der Waals surface area (Å²) in [6.45, 7) is 1.47. The number of hydrogen-bond acceptors (Lipinski definition) is 5. The van der Waals surface area contributed by atoms with Crippen LogP contribution in [0.5, 0.6) is 0 Å². The fraction of sp³-hybridized carbons (Fsp3) is 0.318. The molecule has 0 unspecified atom stereocenters. The maximum absolute atomic E-state index is 13.5. The normalized spacial score (nSPS) is 30.0. The van der Waals surface area contributed by atoms with Gasteiger partial charge in [-0.2, -0.15) is 0 Å². The number of halogens is 2. The first-order valence-corrected chi connectivity index (χ1v) is 10.3. The number of imide groups is 1. The second-order valence-corrected chi connectivity index (χ2v) is 8.69. The number of carbonyl (C=O) groups is 3. The first-order chi connectivity index (χ1) is 14.7. The van der Waals surface area contributed by atoms with E-state index in [0.29, 0.717) is 21.8 Å². The molecular weight excluding hydrogens is 425 g/mol. The number of nitrogens with zero attached hydrogens (tertiary/aromatic N) is 1. The summed E-state index contributed by atoms with van der Waals surface area (Å²) < 4.78 is 13.3. The minimum Gasteiger partial charge on any atom is -0.392 e. The fourth-order valence-corrected chi connectivity index (χ4v) is 5.28. The highest BCUT2D eigenvalue weighted by Crippen LogP contribution is 2.53. The third kappa shape index (κ3) is 2.75. The predicted molar refractivity (Wildman–Crippen MR) is 109 cm³/mol. The van der Waals surface area contributed by atoms with Crippen molar-refractivity contribution in [1.82, 2.24) is 10.2 Å². The smallest absolute Gasteiger partial charge is 0.250 e. The van der Waals surface area contributed by atoms with Gasteiger partial charge in [-0.15, -0.1) is 0 Å². The van der Waals surface area contributed by atoms with Gasteiger partial charge in [-0.25, -0.2) is 4.39 Å². The Morgan fingerprint density at radius 1 is 1.16 bits per heavy atom. The third-order valence-corrected chi connectivity index (χ3v) is 6.71. The zero-order valence-electron chi connectivity index (χ0n) is 16.4. The van der Waals surface area contributed by atoms with E-state index in [2.05, 4.69) is 10.6 Å². The van der Waals surface area contributed by atoms with Crippen molar-refractivity contribution in [2.24, 2.45) is 11.8 Å². The van der Waals surface area contributed by atoms with E-state index in [9.17, 15) is 23.9 Å². The zero-order chi connectivity index (χ0) is 22.1. The van der Waals surface area contributed by atoms with Crippen LogP contribution in [0.4, 0.5) is 10.1 Å². The minimum atomic E-state index is -1.52. The summed E-state index contributed by atoms with van der Waals surface area (Å²) in [6, 6.07) is 9.58. The molecule has 3 amide bonds. The van der Waals surface area contributed by atoms with Gasteiger partial charge < -0.3 is 10.4 Å². The van der Waals surface area contributed by atoms with E-state index >= 15 is 0 Å². The molecule has 5 atom stereocenters. The lowest BCUT2D eigenvalue weighted by Gasteiger charge is -2.30. The third-order valence-electron chi connectivity index (χ3n) is 6.48. The lowest BCUT2D eigenvalue weighted by molar-refractivity contribution is -0.143. The monoisotopic (exact) mass is 443 g/mol. The first kappa shape index (κ1) is 20.1. The minimum absolute atomic E-state index is 0.0441. The van der Waals surface area contributed by atoms with Crippen molar-refractivity contribution in [2.75, 3.05) is 5.32 Å². The van der Waals surface area contributed by atoms with Gasteiger partial charge in [0.05, 0.1) is 24.5 Å². The summed E-state index contributed by atoms with van der Waals surface area (Å²) in [5.74, 6) is -3.85. The van der Waals surface area contributed by atoms with Crippen molar-refractivity contribution in [2.45, 2.75) is 31.2 Å². The predicted octanol–water partition coefficient (Wildman–Crippen LogP) is 1.78. The molecule has 3 heterocycles. The number of likely N-dealkylation sites (tertiary alicyclic amines) is 1. The van der Waals surface area contributed by atoms with E-state index in [4.69, 9.17) is 11.6 Å². The number of fused-ring (bicyclic) bond motifs is 4. The van der Waals surface area contributed by atoms with Crippen LogP contribution in [0.2, 0.25) is 5.02 Å². The number of hydrogen-bond donors (Lipinski definition) is 3. The first-order valence-electron chi connectivity index (χ1n) is 9.91. The number of amides is 3. The lowest BCUT2D eigenvalue weighted by Crippen LogP contribution is -2.54. The second kappa shape index (κ2) is 6.85. The molecule has 9 heteroatoms. The Hall–Kier alpha value is -2.81. The van der Waals surface area contributed by atoms with Gasteiger partial charge in [0.1, 0.15) is 11.4 Å². The number of nitrogens with one attached hydrogen (secondary N) is 2. The van der Waals surface area contributed by atoms with Crippen molar-refractivity contribution < 1.29 is 23.9 Å². The SMILES string of the molecule is C[C@H](O)[C@@H]1N[C@]2(C(=O)Nc3ccc(Cl)cc32)[C@@H]2C(=O)N(Cc3ccc(F)cc3)C(=O)[C@H]12. The topological polar surface area (TPSA) is 98.7 Å². The van der Waals surface area contributed by atoms with E-state index in [-0.39, 0.29) is 6.54 Å². The molecule has 5 rings (SSSR count). The molecule has 1 spiro atoms. The summed E-state index contributed by atoms with van der Waals surface area (Å²) >= 11 is 6.18. The average molecular weight is 444 g/mol. The molecule has 2 fully saturated rings. The number of anilines is 1. The van der Waals surface area contributed by atoms with Crippen LogP contribution < -0.4 is 10.6 Å². The number of carbonyl (C=O) groups excluding carboxylic acids is 3. The van der Waals surface area contributed by atoms with Crippen LogP contribution >= 0.6 is 11.6 Å². The van der Waals surface area contributed by atoms with Crippen LogP contribution in [-0.2, 0) is 26.5 Å². The summed E-state index contributed by atoms with van der Waals surface area (Å²) in [4.78, 5) is 41.2. The highest BCUT2D eigenvalue weighted by Gasteiger charge is 2.71. The van der Waals surface area contributed by atoms with Gasteiger partial charge in [0.15, 0.2) is 0 Å². The van der Waals surface area contributed by atoms with Crippen LogP contribution in [0, 0.1) is 17.7 Å². The van der Waals surface area contributed by atoms with Crippen molar-refractivity contribution in [1.29, 1.82) is 0 Å². The van der Waals surface area contributed by atoms with Gasteiger partial charge in [0.25, 0.3) is 0 Å². The lowest BCUT2D eigenvalue weighted by atomic mass is 9.76. The van der Waals surface area contributed by atoms with Crippen LogP contribution in [0.15, 0.2) is 42.5 Å². The molecule has 3 N–H and O–H groups in total. The van der Waals surface area contributed by atoms with Crippen molar-refractivity contribution in [3.05, 3.63) is 64.4 Å². The Balaban J connectivity index is 1.61. The van der Waals surface area contributed by atoms with Gasteiger partial charge in [-0.3, -0.25) is 24.6 Å². The molecule has 0 saturated carbocycles. The summed E-state index contributed by atoms with van der Waals surface area (Å²) in [7, 11) is 0. The average Bonchev–Trinajstić information content (AvgIpc) is 3.31. The number of rotatable bonds is 3. The van der Waals surface area contributed by atoms with E-state index in [1.807, 2.05) is 0 Å². The Morgan fingerprint density at radius 2 is 1.87 bits per heavy atom. The molecule has 0 aromatic heterocycles. The molecule has 2 aromatic carbocycles. The van der Waals surface area contributed by atoms with E-state index in [1.54, 1.807) is 18.2 Å². The molecule has 0 bridgehead atoms. The van der Waals surface area contributed by atoms with Crippen LogP contribution in [-0.4, -0.2) is 39.9 Å². The molecular formula is C22H19ClFN3O4. The van der Waals surface area contributed by atoms with E-state index in [0.717, 1.165) is 4.90 Å². The number of benzene rings is 2. The van der Waals surface area contributed by atoms with Crippen molar-refractivity contribution >= 4 is 35.0 Å². The maximum atomic E-state index is 13.5. The van der Waals surface area contributed by atoms with E-state index < -0.39 is 53.1 Å². The van der Waals surface area contributed by atoms with Crippen LogP contribution in [0.3, 0.4) is 0 Å². The van der Waals surface area contributed by atoms with Crippen LogP contribution in [0.25, 0.3) is 0 Å². The zero-order valence-corrected chi connectivity index (χ0v) is 17.2. The maximum Gasteiger partial charge on any atom is 0.250 e. The van der Waals surface area contributed by atoms with Gasteiger partial charge in [0.2, 0.25) is 17.7 Å². The highest BCUT2D eigenvalue weighted by atomic mass is 35.5. The Bertz CT molecular complexity index is 1120. The Kier molecular flexibility index (Phi) is 4.44. The van der Waals surface area contributed by atoms with Gasteiger partial charge >= 0.3 is 0 Å². The van der Waals surface area contributed by atoms with E-state index in [1.165, 1.54) is 31.2 Å². The molecule has 0 aliphatic carbocycles. The van der Waals surface area contributed by atoms with Gasteiger partial charge in [-0.05, 0) is 42.8 Å². The van der Waals surface area contributed by atoms with Crippen molar-refractivity contribution in [3.63, 3.8) is 0 Å². The highest BCUT2D eigenvalue weighted by molar-refractivity contribution is 6.31. The molecule has 2 saturated heterocycles. The largest absolute Gasteiger partial charge is 0.392 e. The molecule has 2 aromatic rings. The number of aliphatic hydroxyl groups is 1. The van der Waals surface area contributed by atoms with Crippen molar-refractivity contribution in [3.8, 4) is 0 Å². The molecule has 3 aliphatic heterocycles. The van der Waals surface area contributed by atoms with Gasteiger partial charge in [0, 0.05) is 22.3 Å². The summed E-state index contributed by atoms with van der Waals surface area (Å²) in [5, 5.41) is 16.7. The molecule has 7 nitrogen and oxygen atoms in total. The van der Waals surface area contributed by atoms with Gasteiger partial charge in [-0.1, -0.05) is 23.7 Å². The molecule has 0 radical (unpaired) electrons. The fourth-order valence-electron chi connectivity index (χ4n) is 5.11.